The Morgan fingerprint density at radius 1 is 1.11 bits per heavy atom. The van der Waals surface area contributed by atoms with Crippen molar-refractivity contribution in [1.29, 1.82) is 0 Å². The van der Waals surface area contributed by atoms with Gasteiger partial charge in [-0.05, 0) is 48.2 Å². The number of carbonyl (C=O) groups excluding carboxylic acids is 1. The lowest BCUT2D eigenvalue weighted by atomic mass is 9.87. The molecule has 0 bridgehead atoms. The van der Waals surface area contributed by atoms with Crippen LogP contribution in [0.1, 0.15) is 35.9 Å². The molecule has 2 aliphatic heterocycles. The van der Waals surface area contributed by atoms with E-state index in [9.17, 15) is 4.79 Å². The van der Waals surface area contributed by atoms with E-state index >= 15 is 0 Å². The third-order valence-electron chi connectivity index (χ3n) is 5.64. The van der Waals surface area contributed by atoms with Gasteiger partial charge >= 0.3 is 0 Å². The van der Waals surface area contributed by atoms with Crippen LogP contribution in [0.25, 0.3) is 0 Å². The van der Waals surface area contributed by atoms with Crippen LogP contribution >= 0.6 is 39.1 Å². The molecule has 2 aliphatic rings. The van der Waals surface area contributed by atoms with E-state index in [0.717, 1.165) is 36.0 Å². The Balaban J connectivity index is 1.60. The van der Waals surface area contributed by atoms with Crippen LogP contribution in [0.2, 0.25) is 10.0 Å². The summed E-state index contributed by atoms with van der Waals surface area (Å²) in [6.45, 7) is 2.32. The molecule has 0 spiro atoms. The van der Waals surface area contributed by atoms with Gasteiger partial charge in [-0.2, -0.15) is 0 Å². The van der Waals surface area contributed by atoms with Crippen molar-refractivity contribution < 1.29 is 4.79 Å². The van der Waals surface area contributed by atoms with Crippen molar-refractivity contribution in [3.8, 4) is 0 Å². The Bertz CT molecular complexity index is 840. The van der Waals surface area contributed by atoms with Crippen LogP contribution in [0, 0.1) is 5.92 Å². The van der Waals surface area contributed by atoms with Gasteiger partial charge in [-0.1, -0.05) is 57.3 Å². The average molecular weight is 468 g/mol. The number of nitrogens with one attached hydrogen (secondary N) is 1. The summed E-state index contributed by atoms with van der Waals surface area (Å²) >= 11 is 16.0. The van der Waals surface area contributed by atoms with Crippen LogP contribution in [0.5, 0.6) is 0 Å². The first-order chi connectivity index (χ1) is 13.0. The standard InChI is InChI=1S/C21H21BrCl2N2O/c22-19-5-2-1-4-16(19)17-11-25-12-18(17)21(27)26-7-3-6-20(26)13-8-14(23)10-15(24)9-13/h1-2,4-5,8-10,17-18,20,25H,3,6-7,11-12H2/t17-,18+,20?/m0/s1. The van der Waals surface area contributed by atoms with Crippen molar-refractivity contribution in [2.45, 2.75) is 24.8 Å². The Morgan fingerprint density at radius 2 is 1.85 bits per heavy atom. The first-order valence-electron chi connectivity index (χ1n) is 9.26. The topological polar surface area (TPSA) is 32.3 Å². The largest absolute Gasteiger partial charge is 0.335 e. The second-order valence-corrected chi connectivity index (χ2v) is 9.01. The smallest absolute Gasteiger partial charge is 0.228 e. The number of hydrogen-bond donors (Lipinski definition) is 1. The molecular formula is C21H21BrCl2N2O. The minimum absolute atomic E-state index is 0.0502. The number of amides is 1. The van der Waals surface area contributed by atoms with E-state index < -0.39 is 0 Å². The van der Waals surface area contributed by atoms with Crippen LogP contribution in [0.15, 0.2) is 46.9 Å². The van der Waals surface area contributed by atoms with E-state index in [1.54, 1.807) is 6.07 Å². The highest BCUT2D eigenvalue weighted by atomic mass is 79.9. The molecule has 3 atom stereocenters. The fourth-order valence-electron chi connectivity index (χ4n) is 4.40. The lowest BCUT2D eigenvalue weighted by molar-refractivity contribution is -0.136. The molecule has 3 nitrogen and oxygen atoms in total. The minimum atomic E-state index is -0.0565. The molecule has 2 heterocycles. The second kappa shape index (κ2) is 8.12. The molecule has 1 N–H and O–H groups in total. The van der Waals surface area contributed by atoms with Crippen molar-refractivity contribution >= 4 is 45.0 Å². The third-order valence-corrected chi connectivity index (χ3v) is 6.80. The van der Waals surface area contributed by atoms with E-state index in [4.69, 9.17) is 23.2 Å². The van der Waals surface area contributed by atoms with Crippen LogP contribution < -0.4 is 5.32 Å². The molecule has 2 saturated heterocycles. The van der Waals surface area contributed by atoms with E-state index in [1.165, 1.54) is 5.56 Å². The fraction of sp³-hybridized carbons (Fsp3) is 0.381. The molecule has 142 valence electrons. The molecule has 0 aliphatic carbocycles. The van der Waals surface area contributed by atoms with Crippen LogP contribution in [-0.2, 0) is 4.79 Å². The maximum absolute atomic E-state index is 13.5. The van der Waals surface area contributed by atoms with E-state index in [1.807, 2.05) is 35.2 Å². The summed E-state index contributed by atoms with van der Waals surface area (Å²) < 4.78 is 1.07. The van der Waals surface area contributed by atoms with Crippen molar-refractivity contribution in [2.75, 3.05) is 19.6 Å². The SMILES string of the molecule is O=C([C@@H]1CNC[C@H]1c1ccccc1Br)N1CCCC1c1cc(Cl)cc(Cl)c1. The van der Waals surface area contributed by atoms with Crippen molar-refractivity contribution in [3.05, 3.63) is 68.1 Å². The molecule has 4 rings (SSSR count). The molecule has 2 aromatic rings. The van der Waals surface area contributed by atoms with Gasteiger partial charge in [-0.25, -0.2) is 0 Å². The summed E-state index contributed by atoms with van der Waals surface area (Å²) in [4.78, 5) is 15.5. The first kappa shape index (κ1) is 19.3. The van der Waals surface area contributed by atoms with E-state index in [-0.39, 0.29) is 23.8 Å². The Hall–Kier alpha value is -1.07. The second-order valence-electron chi connectivity index (χ2n) is 7.29. The number of halogens is 3. The maximum atomic E-state index is 13.5. The van der Waals surface area contributed by atoms with Crippen molar-refractivity contribution in [1.82, 2.24) is 10.2 Å². The molecule has 1 amide bonds. The molecule has 2 aromatic carbocycles. The summed E-state index contributed by atoms with van der Waals surface area (Å²) in [5, 5.41) is 4.65. The zero-order valence-corrected chi connectivity index (χ0v) is 17.9. The van der Waals surface area contributed by atoms with E-state index in [0.29, 0.717) is 16.6 Å². The van der Waals surface area contributed by atoms with Crippen molar-refractivity contribution in [2.24, 2.45) is 5.92 Å². The Kier molecular flexibility index (Phi) is 5.79. The molecule has 0 saturated carbocycles. The zero-order valence-electron chi connectivity index (χ0n) is 14.8. The molecule has 6 heteroatoms. The molecular weight excluding hydrogens is 447 g/mol. The highest BCUT2D eigenvalue weighted by molar-refractivity contribution is 9.10. The molecule has 27 heavy (non-hydrogen) atoms. The monoisotopic (exact) mass is 466 g/mol. The predicted octanol–water partition coefficient (Wildman–Crippen LogP) is 5.42. The van der Waals surface area contributed by atoms with Gasteiger partial charge < -0.3 is 10.2 Å². The Morgan fingerprint density at radius 3 is 2.59 bits per heavy atom. The van der Waals surface area contributed by atoms with Crippen LogP contribution in [0.4, 0.5) is 0 Å². The predicted molar refractivity (Wildman–Crippen MR) is 113 cm³/mol. The van der Waals surface area contributed by atoms with Gasteiger partial charge in [0.15, 0.2) is 0 Å². The van der Waals surface area contributed by atoms with Crippen LogP contribution in [-0.4, -0.2) is 30.4 Å². The van der Waals surface area contributed by atoms with E-state index in [2.05, 4.69) is 27.3 Å². The molecule has 0 radical (unpaired) electrons. The first-order valence-corrected chi connectivity index (χ1v) is 10.8. The quantitative estimate of drug-likeness (QED) is 0.653. The maximum Gasteiger partial charge on any atom is 0.228 e. The summed E-state index contributed by atoms with van der Waals surface area (Å²) in [7, 11) is 0. The van der Waals surface area contributed by atoms with Gasteiger partial charge in [0.05, 0.1) is 12.0 Å². The summed E-state index contributed by atoms with van der Waals surface area (Å²) in [6.07, 6.45) is 1.95. The fourth-order valence-corrected chi connectivity index (χ4v) is 5.52. The number of carbonyl (C=O) groups is 1. The number of likely N-dealkylation sites (tertiary alicyclic amines) is 1. The average Bonchev–Trinajstić information content (AvgIpc) is 3.30. The zero-order chi connectivity index (χ0) is 19.0. The minimum Gasteiger partial charge on any atom is -0.335 e. The van der Waals surface area contributed by atoms with Crippen LogP contribution in [0.3, 0.4) is 0 Å². The normalized spacial score (nSPS) is 25.1. The summed E-state index contributed by atoms with van der Waals surface area (Å²) in [5.41, 5.74) is 2.23. The van der Waals surface area contributed by atoms with Gasteiger partial charge in [0.25, 0.3) is 0 Å². The van der Waals surface area contributed by atoms with Gasteiger partial charge in [0, 0.05) is 40.1 Å². The number of hydrogen-bond acceptors (Lipinski definition) is 2. The Labute approximate surface area is 178 Å². The summed E-state index contributed by atoms with van der Waals surface area (Å²) in [5.74, 6) is 0.343. The van der Waals surface area contributed by atoms with Gasteiger partial charge in [0.2, 0.25) is 5.91 Å². The number of rotatable bonds is 3. The third kappa shape index (κ3) is 3.91. The summed E-state index contributed by atoms with van der Waals surface area (Å²) in [6, 6.07) is 13.8. The van der Waals surface area contributed by atoms with Crippen molar-refractivity contribution in [3.63, 3.8) is 0 Å². The molecule has 1 unspecified atom stereocenters. The highest BCUT2D eigenvalue weighted by Gasteiger charge is 2.40. The van der Waals surface area contributed by atoms with Gasteiger partial charge in [0.1, 0.15) is 0 Å². The highest BCUT2D eigenvalue weighted by Crippen LogP contribution is 2.39. The molecule has 2 fully saturated rings. The lowest BCUT2D eigenvalue weighted by Crippen LogP contribution is -2.38. The number of nitrogens with zero attached hydrogens (tertiary/aromatic N) is 1. The number of benzene rings is 2. The lowest BCUT2D eigenvalue weighted by Gasteiger charge is -2.30. The van der Waals surface area contributed by atoms with Gasteiger partial charge in [-0.3, -0.25) is 4.79 Å². The van der Waals surface area contributed by atoms with Gasteiger partial charge in [-0.15, -0.1) is 0 Å². The molecule has 0 aromatic heterocycles.